The van der Waals surface area contributed by atoms with Gasteiger partial charge >= 0.3 is 0 Å². The molecule has 1 fully saturated rings. The lowest BCUT2D eigenvalue weighted by Crippen LogP contribution is -2.41. The lowest BCUT2D eigenvalue weighted by molar-refractivity contribution is 0.0578. The summed E-state index contributed by atoms with van der Waals surface area (Å²) < 4.78 is 0. The van der Waals surface area contributed by atoms with Gasteiger partial charge in [0.1, 0.15) is 0 Å². The predicted molar refractivity (Wildman–Crippen MR) is 59.2 cm³/mol. The van der Waals surface area contributed by atoms with Gasteiger partial charge in [-0.3, -0.25) is 0 Å². The molecule has 0 aromatic heterocycles. The Labute approximate surface area is 87.3 Å². The summed E-state index contributed by atoms with van der Waals surface area (Å²) in [7, 11) is 2.11. The van der Waals surface area contributed by atoms with Gasteiger partial charge in [-0.2, -0.15) is 0 Å². The molecule has 2 unspecified atom stereocenters. The Morgan fingerprint density at radius 1 is 1.29 bits per heavy atom. The molecule has 0 aromatic rings. The zero-order valence-electron chi connectivity index (χ0n) is 9.28. The first-order valence-electron chi connectivity index (χ1n) is 5.84. The summed E-state index contributed by atoms with van der Waals surface area (Å²) >= 11 is 0. The maximum Gasteiger partial charge on any atom is 0.0695 e. The number of aliphatic hydroxyl groups excluding tert-OH is 1. The Morgan fingerprint density at radius 3 is 2.71 bits per heavy atom. The molecule has 1 rings (SSSR count). The fraction of sp³-hybridized carbons (Fsp3) is 1.00. The quantitative estimate of drug-likeness (QED) is 0.665. The van der Waals surface area contributed by atoms with Gasteiger partial charge in [0.05, 0.1) is 6.10 Å². The second kappa shape index (κ2) is 6.38. The van der Waals surface area contributed by atoms with Crippen LogP contribution in [0.15, 0.2) is 0 Å². The molecule has 0 aliphatic heterocycles. The smallest absolute Gasteiger partial charge is 0.0695 e. The van der Waals surface area contributed by atoms with Crippen LogP contribution < -0.4 is 5.73 Å². The third kappa shape index (κ3) is 3.56. The van der Waals surface area contributed by atoms with Crippen LogP contribution in [0.1, 0.15) is 38.5 Å². The monoisotopic (exact) mass is 200 g/mol. The Morgan fingerprint density at radius 2 is 2.00 bits per heavy atom. The van der Waals surface area contributed by atoms with Crippen LogP contribution in [0.2, 0.25) is 0 Å². The molecule has 1 aliphatic rings. The third-order valence-corrected chi connectivity index (χ3v) is 3.23. The van der Waals surface area contributed by atoms with Crippen LogP contribution in [0.25, 0.3) is 0 Å². The van der Waals surface area contributed by atoms with Crippen molar-refractivity contribution in [1.82, 2.24) is 4.90 Å². The van der Waals surface area contributed by atoms with Crippen molar-refractivity contribution in [2.45, 2.75) is 50.7 Å². The normalized spacial score (nSPS) is 29.1. The number of rotatable bonds is 4. The Bertz CT molecular complexity index is 152. The van der Waals surface area contributed by atoms with Crippen LogP contribution in [-0.2, 0) is 0 Å². The van der Waals surface area contributed by atoms with E-state index in [4.69, 9.17) is 5.73 Å². The van der Waals surface area contributed by atoms with Crippen LogP contribution in [-0.4, -0.2) is 42.3 Å². The van der Waals surface area contributed by atoms with Crippen LogP contribution >= 0.6 is 0 Å². The molecule has 0 radical (unpaired) electrons. The largest absolute Gasteiger partial charge is 0.391 e. The van der Waals surface area contributed by atoms with E-state index in [1.165, 1.54) is 19.3 Å². The van der Waals surface area contributed by atoms with Gasteiger partial charge < -0.3 is 15.7 Å². The van der Waals surface area contributed by atoms with Crippen molar-refractivity contribution in [2.24, 2.45) is 5.73 Å². The topological polar surface area (TPSA) is 49.5 Å². The number of hydrogen-bond donors (Lipinski definition) is 2. The van der Waals surface area contributed by atoms with Gasteiger partial charge in [0.15, 0.2) is 0 Å². The second-order valence-electron chi connectivity index (χ2n) is 4.40. The summed E-state index contributed by atoms with van der Waals surface area (Å²) in [6.07, 6.45) is 6.73. The minimum Gasteiger partial charge on any atom is -0.391 e. The fourth-order valence-corrected chi connectivity index (χ4v) is 2.29. The SMILES string of the molecule is CN(CCCN)C1CCCCCC1O. The number of nitrogens with zero attached hydrogens (tertiary/aromatic N) is 1. The summed E-state index contributed by atoms with van der Waals surface area (Å²) in [6.45, 7) is 1.76. The Balaban J connectivity index is 2.37. The molecule has 3 heteroatoms. The van der Waals surface area contributed by atoms with Gasteiger partial charge in [-0.15, -0.1) is 0 Å². The highest BCUT2D eigenvalue weighted by molar-refractivity contribution is 4.79. The number of likely N-dealkylation sites (N-methyl/N-ethyl adjacent to an activating group) is 1. The molecule has 1 aliphatic carbocycles. The lowest BCUT2D eigenvalue weighted by atomic mass is 10.0. The molecule has 3 N–H and O–H groups in total. The van der Waals surface area contributed by atoms with E-state index in [0.717, 1.165) is 32.4 Å². The zero-order chi connectivity index (χ0) is 10.4. The van der Waals surface area contributed by atoms with Crippen molar-refractivity contribution in [1.29, 1.82) is 0 Å². The standard InChI is InChI=1S/C11H24N2O/c1-13(9-5-8-12)10-6-3-2-4-7-11(10)14/h10-11,14H,2-9,12H2,1H3. The van der Waals surface area contributed by atoms with Gasteiger partial charge in [-0.25, -0.2) is 0 Å². The lowest BCUT2D eigenvalue weighted by Gasteiger charge is -2.30. The van der Waals surface area contributed by atoms with Crippen LogP contribution in [0.3, 0.4) is 0 Å². The summed E-state index contributed by atoms with van der Waals surface area (Å²) in [5.74, 6) is 0. The molecule has 2 atom stereocenters. The number of hydrogen-bond acceptors (Lipinski definition) is 3. The van der Waals surface area contributed by atoms with Crippen molar-refractivity contribution in [2.75, 3.05) is 20.1 Å². The van der Waals surface area contributed by atoms with E-state index in [0.29, 0.717) is 6.04 Å². The fourth-order valence-electron chi connectivity index (χ4n) is 2.29. The maximum absolute atomic E-state index is 9.95. The van der Waals surface area contributed by atoms with Crippen molar-refractivity contribution >= 4 is 0 Å². The second-order valence-corrected chi connectivity index (χ2v) is 4.40. The molecule has 14 heavy (non-hydrogen) atoms. The van der Waals surface area contributed by atoms with Gasteiger partial charge in [0, 0.05) is 6.04 Å². The molecule has 0 bridgehead atoms. The summed E-state index contributed by atoms with van der Waals surface area (Å²) in [6, 6.07) is 0.365. The molecule has 0 amide bonds. The minimum atomic E-state index is -0.125. The van der Waals surface area contributed by atoms with Crippen LogP contribution in [0.5, 0.6) is 0 Å². The molecule has 3 nitrogen and oxygen atoms in total. The minimum absolute atomic E-state index is 0.125. The van der Waals surface area contributed by atoms with E-state index in [-0.39, 0.29) is 6.10 Å². The molecule has 84 valence electrons. The summed E-state index contributed by atoms with van der Waals surface area (Å²) in [5, 5.41) is 9.95. The summed E-state index contributed by atoms with van der Waals surface area (Å²) in [5.41, 5.74) is 5.48. The molecular formula is C11H24N2O. The van der Waals surface area contributed by atoms with E-state index in [9.17, 15) is 5.11 Å². The predicted octanol–water partition coefficient (Wildman–Crippen LogP) is 0.961. The van der Waals surface area contributed by atoms with Crippen molar-refractivity contribution in [3.05, 3.63) is 0 Å². The average Bonchev–Trinajstić information content (AvgIpc) is 2.39. The Kier molecular flexibility index (Phi) is 5.45. The van der Waals surface area contributed by atoms with E-state index >= 15 is 0 Å². The highest BCUT2D eigenvalue weighted by Crippen LogP contribution is 2.21. The Hall–Kier alpha value is -0.120. The first-order valence-corrected chi connectivity index (χ1v) is 5.84. The van der Waals surface area contributed by atoms with Gasteiger partial charge in [0.25, 0.3) is 0 Å². The van der Waals surface area contributed by atoms with Crippen molar-refractivity contribution in [3.63, 3.8) is 0 Å². The van der Waals surface area contributed by atoms with Gasteiger partial charge in [-0.05, 0) is 39.4 Å². The van der Waals surface area contributed by atoms with Gasteiger partial charge in [-0.1, -0.05) is 19.3 Å². The molecular weight excluding hydrogens is 176 g/mol. The average molecular weight is 200 g/mol. The van der Waals surface area contributed by atoms with Gasteiger partial charge in [0.2, 0.25) is 0 Å². The van der Waals surface area contributed by atoms with E-state index in [2.05, 4.69) is 11.9 Å². The third-order valence-electron chi connectivity index (χ3n) is 3.23. The number of aliphatic hydroxyl groups is 1. The molecule has 0 spiro atoms. The van der Waals surface area contributed by atoms with Crippen molar-refractivity contribution in [3.8, 4) is 0 Å². The molecule has 1 saturated carbocycles. The highest BCUT2D eigenvalue weighted by Gasteiger charge is 2.24. The highest BCUT2D eigenvalue weighted by atomic mass is 16.3. The maximum atomic E-state index is 9.95. The molecule has 0 saturated heterocycles. The van der Waals surface area contributed by atoms with Crippen LogP contribution in [0.4, 0.5) is 0 Å². The summed E-state index contributed by atoms with van der Waals surface area (Å²) in [4.78, 5) is 2.28. The zero-order valence-corrected chi connectivity index (χ0v) is 9.28. The first-order chi connectivity index (χ1) is 6.75. The van der Waals surface area contributed by atoms with E-state index < -0.39 is 0 Å². The number of nitrogens with two attached hydrogens (primary N) is 1. The van der Waals surface area contributed by atoms with Crippen molar-refractivity contribution < 1.29 is 5.11 Å². The molecule has 0 aromatic carbocycles. The van der Waals surface area contributed by atoms with E-state index in [1.807, 2.05) is 0 Å². The van der Waals surface area contributed by atoms with E-state index in [1.54, 1.807) is 0 Å². The molecule has 0 heterocycles. The first kappa shape index (κ1) is 12.0. The van der Waals surface area contributed by atoms with Crippen LogP contribution in [0, 0.1) is 0 Å².